The van der Waals surface area contributed by atoms with E-state index in [9.17, 15) is 24.3 Å². The minimum absolute atomic E-state index is 0.179. The van der Waals surface area contributed by atoms with Gasteiger partial charge in [0.2, 0.25) is 0 Å². The number of rotatable bonds is 4. The molecular formula is C20H20N4O6. The molecule has 1 heterocycles. The molecule has 0 bridgehead atoms. The average Bonchev–Trinajstić information content (AvgIpc) is 2.71. The van der Waals surface area contributed by atoms with Gasteiger partial charge in [0.05, 0.1) is 0 Å². The standard InChI is InChI=1S/C20H20N4O6/c1-12(25)30-15-10-8-13(9-11-15)20(22-18(27)28)16(21)24(14-6-4-3-5-7-14)19(29)23(2)17(20)26/h3-11,16,22H,21H2,1-2H3,(H,27,28). The number of amides is 4. The maximum atomic E-state index is 13.2. The van der Waals surface area contributed by atoms with Crippen LogP contribution in [0.2, 0.25) is 0 Å². The molecule has 2 aromatic carbocycles. The summed E-state index contributed by atoms with van der Waals surface area (Å²) in [5, 5.41) is 11.7. The van der Waals surface area contributed by atoms with Crippen molar-refractivity contribution in [2.45, 2.75) is 18.6 Å². The van der Waals surface area contributed by atoms with Crippen molar-refractivity contribution in [2.75, 3.05) is 11.9 Å². The van der Waals surface area contributed by atoms with Gasteiger partial charge in [-0.2, -0.15) is 0 Å². The summed E-state index contributed by atoms with van der Waals surface area (Å²) in [6.45, 7) is 1.24. The third-order valence-electron chi connectivity index (χ3n) is 4.77. The van der Waals surface area contributed by atoms with E-state index >= 15 is 0 Å². The first-order valence-electron chi connectivity index (χ1n) is 8.90. The summed E-state index contributed by atoms with van der Waals surface area (Å²) >= 11 is 0. The highest BCUT2D eigenvalue weighted by molar-refractivity contribution is 6.11. The number of imide groups is 1. The average molecular weight is 412 g/mol. The lowest BCUT2D eigenvalue weighted by Gasteiger charge is -2.49. The normalized spacial score (nSPS) is 21.4. The number of likely N-dealkylation sites (N-methyl/N-ethyl adjacent to an activating group) is 1. The zero-order valence-electron chi connectivity index (χ0n) is 16.2. The van der Waals surface area contributed by atoms with Gasteiger partial charge in [-0.1, -0.05) is 30.3 Å². The molecule has 4 amide bonds. The predicted molar refractivity (Wildman–Crippen MR) is 106 cm³/mol. The lowest BCUT2D eigenvalue weighted by atomic mass is 9.82. The number of anilines is 1. The van der Waals surface area contributed by atoms with Crippen molar-refractivity contribution in [1.29, 1.82) is 0 Å². The van der Waals surface area contributed by atoms with Gasteiger partial charge in [0.25, 0.3) is 5.91 Å². The van der Waals surface area contributed by atoms with E-state index in [0.29, 0.717) is 5.69 Å². The Morgan fingerprint density at radius 1 is 1.10 bits per heavy atom. The fourth-order valence-corrected chi connectivity index (χ4v) is 3.43. The van der Waals surface area contributed by atoms with Crippen LogP contribution in [0.3, 0.4) is 0 Å². The van der Waals surface area contributed by atoms with E-state index < -0.39 is 35.7 Å². The minimum atomic E-state index is -2.00. The van der Waals surface area contributed by atoms with E-state index in [0.717, 1.165) is 9.80 Å². The number of nitrogens with one attached hydrogen (secondary N) is 1. The van der Waals surface area contributed by atoms with E-state index in [1.807, 2.05) is 0 Å². The van der Waals surface area contributed by atoms with E-state index in [1.54, 1.807) is 30.3 Å². The van der Waals surface area contributed by atoms with Gasteiger partial charge in [-0.3, -0.25) is 19.4 Å². The fourth-order valence-electron chi connectivity index (χ4n) is 3.43. The Hall–Kier alpha value is -3.92. The maximum absolute atomic E-state index is 13.2. The number of carboxylic acid groups (broad SMARTS) is 1. The molecule has 1 aliphatic heterocycles. The summed E-state index contributed by atoms with van der Waals surface area (Å²) in [5.74, 6) is -1.17. The summed E-state index contributed by atoms with van der Waals surface area (Å²) in [4.78, 5) is 50.9. The van der Waals surface area contributed by atoms with Gasteiger partial charge in [-0.05, 0) is 29.8 Å². The quantitative estimate of drug-likeness (QED) is 0.510. The maximum Gasteiger partial charge on any atom is 0.405 e. The van der Waals surface area contributed by atoms with Gasteiger partial charge in [0.1, 0.15) is 11.9 Å². The highest BCUT2D eigenvalue weighted by atomic mass is 16.5. The third kappa shape index (κ3) is 3.44. The minimum Gasteiger partial charge on any atom is -0.465 e. The number of nitrogens with two attached hydrogens (primary N) is 1. The molecule has 0 aromatic heterocycles. The van der Waals surface area contributed by atoms with Crippen LogP contribution < -0.4 is 20.7 Å². The van der Waals surface area contributed by atoms with Crippen LogP contribution in [0.1, 0.15) is 12.5 Å². The van der Waals surface area contributed by atoms with E-state index in [2.05, 4.69) is 5.32 Å². The molecule has 1 saturated heterocycles. The van der Waals surface area contributed by atoms with Crippen LogP contribution in [0.5, 0.6) is 5.75 Å². The van der Waals surface area contributed by atoms with Crippen LogP contribution in [0, 0.1) is 0 Å². The second-order valence-corrected chi connectivity index (χ2v) is 6.65. The Labute approximate surface area is 171 Å². The SMILES string of the molecule is CC(=O)Oc1ccc(C2(NC(=O)O)C(=O)N(C)C(=O)N(c3ccccc3)C2N)cc1. The lowest BCUT2D eigenvalue weighted by Crippen LogP contribution is -2.76. The molecule has 2 aromatic rings. The predicted octanol–water partition coefficient (Wildman–Crippen LogP) is 1.46. The topological polar surface area (TPSA) is 142 Å². The molecule has 1 aliphatic rings. The van der Waals surface area contributed by atoms with Crippen LogP contribution in [0.4, 0.5) is 15.3 Å². The van der Waals surface area contributed by atoms with Gasteiger partial charge >= 0.3 is 18.1 Å². The fraction of sp³-hybridized carbons (Fsp3) is 0.200. The van der Waals surface area contributed by atoms with Gasteiger partial charge in [0.15, 0.2) is 5.54 Å². The molecule has 1 fully saturated rings. The molecule has 30 heavy (non-hydrogen) atoms. The zero-order chi connectivity index (χ0) is 22.1. The largest absolute Gasteiger partial charge is 0.465 e. The first-order valence-corrected chi connectivity index (χ1v) is 8.90. The van der Waals surface area contributed by atoms with Crippen molar-refractivity contribution >= 4 is 29.7 Å². The van der Waals surface area contributed by atoms with Crippen molar-refractivity contribution in [2.24, 2.45) is 5.73 Å². The first-order chi connectivity index (χ1) is 14.2. The smallest absolute Gasteiger partial charge is 0.405 e. The van der Waals surface area contributed by atoms with Gasteiger partial charge < -0.3 is 20.9 Å². The third-order valence-corrected chi connectivity index (χ3v) is 4.77. The Bertz CT molecular complexity index is 994. The first kappa shape index (κ1) is 20.8. The summed E-state index contributed by atoms with van der Waals surface area (Å²) < 4.78 is 4.99. The number of carbonyl (C=O) groups excluding carboxylic acids is 3. The Morgan fingerprint density at radius 3 is 2.23 bits per heavy atom. The summed E-state index contributed by atoms with van der Waals surface area (Å²) in [6.07, 6.45) is -2.90. The van der Waals surface area contributed by atoms with Crippen molar-refractivity contribution in [3.05, 3.63) is 60.2 Å². The molecule has 0 radical (unpaired) electrons. The number of esters is 1. The van der Waals surface area contributed by atoms with Crippen molar-refractivity contribution in [3.8, 4) is 5.75 Å². The molecule has 0 spiro atoms. The molecule has 0 saturated carbocycles. The summed E-state index contributed by atoms with van der Waals surface area (Å²) in [5.41, 5.74) is 4.95. The number of ether oxygens (including phenoxy) is 1. The number of urea groups is 1. The number of carbonyl (C=O) groups is 4. The van der Waals surface area contributed by atoms with Crippen molar-refractivity contribution < 1.29 is 29.0 Å². The molecule has 10 heteroatoms. The van der Waals surface area contributed by atoms with Crippen LogP contribution in [0.15, 0.2) is 54.6 Å². The number of para-hydroxylation sites is 1. The highest BCUT2D eigenvalue weighted by Gasteiger charge is 2.57. The van der Waals surface area contributed by atoms with E-state index in [-0.39, 0.29) is 11.3 Å². The van der Waals surface area contributed by atoms with Gasteiger partial charge in [0, 0.05) is 19.7 Å². The molecule has 2 atom stereocenters. The van der Waals surface area contributed by atoms with Gasteiger partial charge in [-0.15, -0.1) is 0 Å². The van der Waals surface area contributed by atoms with Crippen molar-refractivity contribution in [3.63, 3.8) is 0 Å². The molecule has 10 nitrogen and oxygen atoms in total. The van der Waals surface area contributed by atoms with Crippen LogP contribution in [-0.2, 0) is 15.1 Å². The van der Waals surface area contributed by atoms with Crippen LogP contribution in [-0.4, -0.2) is 47.2 Å². The van der Waals surface area contributed by atoms with Crippen LogP contribution in [0.25, 0.3) is 0 Å². The van der Waals surface area contributed by atoms with Gasteiger partial charge in [-0.25, -0.2) is 9.59 Å². The number of nitrogens with zero attached hydrogens (tertiary/aromatic N) is 2. The monoisotopic (exact) mass is 412 g/mol. The Morgan fingerprint density at radius 2 is 1.70 bits per heavy atom. The number of benzene rings is 2. The Balaban J connectivity index is 2.17. The second kappa shape index (κ2) is 7.84. The molecule has 3 rings (SSSR count). The van der Waals surface area contributed by atoms with E-state index in [4.69, 9.17) is 10.5 Å². The summed E-state index contributed by atoms with van der Waals surface area (Å²) in [7, 11) is 1.25. The molecule has 2 unspecified atom stereocenters. The summed E-state index contributed by atoms with van der Waals surface area (Å²) in [6, 6.07) is 13.3. The molecular weight excluding hydrogens is 392 g/mol. The highest BCUT2D eigenvalue weighted by Crippen LogP contribution is 2.36. The lowest BCUT2D eigenvalue weighted by molar-refractivity contribution is -0.137. The zero-order valence-corrected chi connectivity index (χ0v) is 16.2. The van der Waals surface area contributed by atoms with E-state index in [1.165, 1.54) is 38.2 Å². The number of hydrogen-bond acceptors (Lipinski definition) is 6. The molecule has 4 N–H and O–H groups in total. The Kier molecular flexibility index (Phi) is 5.43. The molecule has 156 valence electrons. The molecule has 0 aliphatic carbocycles. The second-order valence-electron chi connectivity index (χ2n) is 6.65. The number of hydrogen-bond donors (Lipinski definition) is 3. The van der Waals surface area contributed by atoms with Crippen molar-refractivity contribution in [1.82, 2.24) is 10.2 Å². The van der Waals surface area contributed by atoms with Crippen LogP contribution >= 0.6 is 0 Å².